The Morgan fingerprint density at radius 3 is 2.58 bits per heavy atom. The number of carbonyl (C=O) groups excluding carboxylic acids is 1. The van der Waals surface area contributed by atoms with E-state index in [0.29, 0.717) is 49.6 Å². The van der Waals surface area contributed by atoms with Crippen LogP contribution in [0.4, 0.5) is 0 Å². The fourth-order valence-electron chi connectivity index (χ4n) is 4.48. The molecule has 0 spiro atoms. The summed E-state index contributed by atoms with van der Waals surface area (Å²) in [5.74, 6) is 0.356. The Morgan fingerprint density at radius 1 is 1.13 bits per heavy atom. The number of ketones is 1. The number of fused-ring (bicyclic) bond motifs is 1. The van der Waals surface area contributed by atoms with Gasteiger partial charge < -0.3 is 9.51 Å². The Labute approximate surface area is 182 Å². The lowest BCUT2D eigenvalue weighted by Gasteiger charge is -2.27. The lowest BCUT2D eigenvalue weighted by molar-refractivity contribution is 0.0846. The van der Waals surface area contributed by atoms with Gasteiger partial charge >= 0.3 is 0 Å². The van der Waals surface area contributed by atoms with E-state index in [1.807, 2.05) is 38.1 Å². The van der Waals surface area contributed by atoms with Gasteiger partial charge in [-0.15, -0.1) is 0 Å². The smallest absolute Gasteiger partial charge is 0.248 e. The van der Waals surface area contributed by atoms with E-state index in [-0.39, 0.29) is 16.7 Å². The number of aryl methyl sites for hydroxylation is 3. The molecular weight excluding hydrogens is 416 g/mol. The van der Waals surface area contributed by atoms with Gasteiger partial charge in [-0.1, -0.05) is 23.4 Å². The van der Waals surface area contributed by atoms with Crippen molar-refractivity contribution < 1.29 is 17.7 Å². The van der Waals surface area contributed by atoms with Crippen LogP contribution in [0.3, 0.4) is 0 Å². The van der Waals surface area contributed by atoms with E-state index in [1.165, 1.54) is 4.31 Å². The molecule has 1 aliphatic heterocycles. The Balaban J connectivity index is 1.53. The summed E-state index contributed by atoms with van der Waals surface area (Å²) in [5.41, 5.74) is 2.89. The van der Waals surface area contributed by atoms with Crippen molar-refractivity contribution >= 4 is 26.7 Å². The van der Waals surface area contributed by atoms with Gasteiger partial charge in [0, 0.05) is 48.3 Å². The van der Waals surface area contributed by atoms with Crippen molar-refractivity contribution in [2.75, 3.05) is 26.2 Å². The number of benzene rings is 1. The SMILES string of the molecule is Cc1noc(C)c1S(=O)(=O)N1CCCN([C@@H](C)C(=O)c2c(C)[nH]c3ccccc23)CC1. The number of hydrogen-bond donors (Lipinski definition) is 1. The molecule has 2 aromatic heterocycles. The van der Waals surface area contributed by atoms with E-state index in [4.69, 9.17) is 4.52 Å². The third kappa shape index (κ3) is 3.81. The zero-order valence-corrected chi connectivity index (χ0v) is 19.1. The van der Waals surface area contributed by atoms with Crippen LogP contribution in [0, 0.1) is 20.8 Å². The molecule has 4 rings (SSSR count). The number of rotatable bonds is 5. The summed E-state index contributed by atoms with van der Waals surface area (Å²) in [4.78, 5) is 18.9. The van der Waals surface area contributed by atoms with Gasteiger partial charge in [0.05, 0.1) is 6.04 Å². The molecule has 1 N–H and O–H groups in total. The van der Waals surface area contributed by atoms with Gasteiger partial charge in [0.1, 0.15) is 10.6 Å². The van der Waals surface area contributed by atoms with E-state index < -0.39 is 10.0 Å². The molecule has 31 heavy (non-hydrogen) atoms. The van der Waals surface area contributed by atoms with Crippen LogP contribution in [0.25, 0.3) is 10.9 Å². The molecule has 0 bridgehead atoms. The monoisotopic (exact) mass is 444 g/mol. The summed E-state index contributed by atoms with van der Waals surface area (Å²) >= 11 is 0. The molecule has 166 valence electrons. The van der Waals surface area contributed by atoms with Crippen molar-refractivity contribution in [1.82, 2.24) is 19.3 Å². The normalized spacial score (nSPS) is 17.7. The maximum absolute atomic E-state index is 13.4. The molecule has 1 saturated heterocycles. The molecule has 1 aliphatic rings. The standard InChI is InChI=1S/C22H28N4O4S/c1-14-20(18-8-5-6-9-19(18)23-14)21(27)16(3)25-10-7-11-26(13-12-25)31(28,29)22-15(2)24-30-17(22)4/h5-6,8-9,16,23H,7,10-13H2,1-4H3/t16-/m0/s1. The van der Waals surface area contributed by atoms with Gasteiger partial charge in [-0.2, -0.15) is 4.31 Å². The third-order valence-corrected chi connectivity index (χ3v) is 8.27. The fourth-order valence-corrected chi connectivity index (χ4v) is 6.24. The fraction of sp³-hybridized carbons (Fsp3) is 0.455. The molecule has 8 nitrogen and oxygen atoms in total. The van der Waals surface area contributed by atoms with Crippen molar-refractivity contribution in [2.24, 2.45) is 0 Å². The van der Waals surface area contributed by atoms with Crippen molar-refractivity contribution in [3.8, 4) is 0 Å². The highest BCUT2D eigenvalue weighted by molar-refractivity contribution is 7.89. The first-order valence-corrected chi connectivity index (χ1v) is 11.9. The summed E-state index contributed by atoms with van der Waals surface area (Å²) in [5, 5.41) is 4.72. The minimum atomic E-state index is -3.69. The highest BCUT2D eigenvalue weighted by atomic mass is 32.2. The number of nitrogens with one attached hydrogen (secondary N) is 1. The molecular formula is C22H28N4O4S. The number of nitrogens with zero attached hydrogens (tertiary/aromatic N) is 3. The van der Waals surface area contributed by atoms with E-state index in [1.54, 1.807) is 13.8 Å². The second kappa shape index (κ2) is 8.22. The number of Topliss-reactive ketones (excluding diaryl/α,β-unsaturated/α-hetero) is 1. The van der Waals surface area contributed by atoms with Gasteiger partial charge in [-0.25, -0.2) is 8.42 Å². The molecule has 0 aliphatic carbocycles. The molecule has 0 unspecified atom stereocenters. The van der Waals surface area contributed by atoms with E-state index in [9.17, 15) is 13.2 Å². The first-order chi connectivity index (χ1) is 14.7. The predicted molar refractivity (Wildman–Crippen MR) is 118 cm³/mol. The second-order valence-electron chi connectivity index (χ2n) is 8.16. The number of hydrogen-bond acceptors (Lipinski definition) is 6. The Hall–Kier alpha value is -2.49. The molecule has 0 amide bonds. The molecule has 3 heterocycles. The van der Waals surface area contributed by atoms with E-state index in [0.717, 1.165) is 16.6 Å². The lowest BCUT2D eigenvalue weighted by atomic mass is 10.0. The molecule has 1 aromatic carbocycles. The second-order valence-corrected chi connectivity index (χ2v) is 10.0. The summed E-state index contributed by atoms with van der Waals surface area (Å²) in [6, 6.07) is 7.45. The maximum Gasteiger partial charge on any atom is 0.248 e. The van der Waals surface area contributed by atoms with Gasteiger partial charge in [0.15, 0.2) is 11.5 Å². The van der Waals surface area contributed by atoms with E-state index in [2.05, 4.69) is 15.0 Å². The van der Waals surface area contributed by atoms with Gasteiger partial charge in [-0.3, -0.25) is 9.69 Å². The average Bonchev–Trinajstić information content (AvgIpc) is 3.12. The first-order valence-electron chi connectivity index (χ1n) is 10.5. The van der Waals surface area contributed by atoms with Crippen LogP contribution in [0.1, 0.15) is 40.9 Å². The van der Waals surface area contributed by atoms with Crippen molar-refractivity contribution in [3.63, 3.8) is 0 Å². The van der Waals surface area contributed by atoms with Crippen LogP contribution in [0.5, 0.6) is 0 Å². The summed E-state index contributed by atoms with van der Waals surface area (Å²) in [6.07, 6.45) is 0.646. The number of para-hydroxylation sites is 1. The highest BCUT2D eigenvalue weighted by Crippen LogP contribution is 2.27. The van der Waals surface area contributed by atoms with Crippen LogP contribution in [-0.2, 0) is 10.0 Å². The quantitative estimate of drug-likeness (QED) is 0.607. The molecule has 1 fully saturated rings. The average molecular weight is 445 g/mol. The van der Waals surface area contributed by atoms with Crippen LogP contribution < -0.4 is 0 Å². The number of aromatic amines is 1. The van der Waals surface area contributed by atoms with E-state index >= 15 is 0 Å². The minimum absolute atomic E-state index is 0.0528. The molecule has 0 saturated carbocycles. The van der Waals surface area contributed by atoms with Crippen LogP contribution in [-0.4, -0.2) is 65.8 Å². The minimum Gasteiger partial charge on any atom is -0.360 e. The summed E-state index contributed by atoms with van der Waals surface area (Å²) < 4.78 is 32.9. The molecule has 3 aromatic rings. The van der Waals surface area contributed by atoms with Crippen LogP contribution >= 0.6 is 0 Å². The Morgan fingerprint density at radius 2 is 1.87 bits per heavy atom. The van der Waals surface area contributed by atoms with Crippen molar-refractivity contribution in [1.29, 1.82) is 0 Å². The lowest BCUT2D eigenvalue weighted by Crippen LogP contribution is -2.42. The molecule has 9 heteroatoms. The highest BCUT2D eigenvalue weighted by Gasteiger charge is 2.34. The van der Waals surface area contributed by atoms with Crippen molar-refractivity contribution in [2.45, 2.75) is 45.1 Å². The zero-order valence-electron chi connectivity index (χ0n) is 18.3. The summed E-state index contributed by atoms with van der Waals surface area (Å²) in [7, 11) is -3.69. The number of aromatic nitrogens is 2. The zero-order chi connectivity index (χ0) is 22.3. The van der Waals surface area contributed by atoms with Gasteiger partial charge in [-0.05, 0) is 40.2 Å². The van der Waals surface area contributed by atoms with Crippen LogP contribution in [0.2, 0.25) is 0 Å². The van der Waals surface area contributed by atoms with Gasteiger partial charge in [0.2, 0.25) is 10.0 Å². The Bertz CT molecular complexity index is 1210. The van der Waals surface area contributed by atoms with Crippen LogP contribution in [0.15, 0.2) is 33.7 Å². The van der Waals surface area contributed by atoms with Gasteiger partial charge in [0.25, 0.3) is 0 Å². The summed E-state index contributed by atoms with van der Waals surface area (Å²) in [6.45, 7) is 8.92. The Kier molecular flexibility index (Phi) is 5.76. The molecule has 1 atom stereocenters. The predicted octanol–water partition coefficient (Wildman–Crippen LogP) is 3.05. The largest absolute Gasteiger partial charge is 0.360 e. The third-order valence-electron chi connectivity index (χ3n) is 6.12. The maximum atomic E-state index is 13.4. The van der Waals surface area contributed by atoms with Crippen molar-refractivity contribution in [3.05, 3.63) is 47.0 Å². The number of sulfonamides is 1. The first kappa shape index (κ1) is 21.7. The number of H-pyrrole nitrogens is 1. The molecule has 0 radical (unpaired) electrons. The number of carbonyl (C=O) groups is 1. The topological polar surface area (TPSA) is 99.5 Å².